The monoisotopic (exact) mass is 282 g/mol. The summed E-state index contributed by atoms with van der Waals surface area (Å²) in [6.07, 6.45) is 0.839. The van der Waals surface area contributed by atoms with Gasteiger partial charge in [0, 0.05) is 12.1 Å². The van der Waals surface area contributed by atoms with Gasteiger partial charge >= 0.3 is 5.97 Å². The Kier molecular flexibility index (Phi) is 3.18. The van der Waals surface area contributed by atoms with E-state index in [2.05, 4.69) is 23.5 Å². The van der Waals surface area contributed by atoms with Gasteiger partial charge in [-0.15, -0.1) is 0 Å². The summed E-state index contributed by atoms with van der Waals surface area (Å²) in [6.45, 7) is 1.61. The van der Waals surface area contributed by atoms with Crippen LogP contribution in [-0.2, 0) is 16.0 Å². The minimum absolute atomic E-state index is 0.490. The molecule has 4 heteroatoms. The van der Waals surface area contributed by atoms with Gasteiger partial charge < -0.3 is 10.1 Å². The highest BCUT2D eigenvalue weighted by molar-refractivity contribution is 5.86. The summed E-state index contributed by atoms with van der Waals surface area (Å²) in [5, 5.41) is 3.11. The molecule has 2 aromatic carbocycles. The Labute approximate surface area is 123 Å². The van der Waals surface area contributed by atoms with Crippen LogP contribution in [0.25, 0.3) is 11.1 Å². The first-order valence-electron chi connectivity index (χ1n) is 6.88. The molecule has 0 amide bonds. The largest absolute Gasteiger partial charge is 0.466 e. The van der Waals surface area contributed by atoms with Gasteiger partial charge in [-0.05, 0) is 35.2 Å². The normalized spacial score (nSPS) is 14.8. The molecule has 0 spiro atoms. The van der Waals surface area contributed by atoms with Crippen molar-refractivity contribution in [1.82, 2.24) is 0 Å². The van der Waals surface area contributed by atoms with Crippen molar-refractivity contribution in [2.45, 2.75) is 19.0 Å². The van der Waals surface area contributed by atoms with Gasteiger partial charge in [0.25, 0.3) is 0 Å². The molecule has 1 aliphatic carbocycles. The summed E-state index contributed by atoms with van der Waals surface area (Å²) in [6, 6.07) is 14.3. The average Bonchev–Trinajstić information content (AvgIpc) is 2.86. The summed E-state index contributed by atoms with van der Waals surface area (Å²) in [7, 11) is 1.33. The lowest BCUT2D eigenvalue weighted by Gasteiger charge is -2.25. The van der Waals surface area contributed by atoms with Crippen LogP contribution in [0.2, 0.25) is 0 Å². The molecule has 0 heterocycles. The van der Waals surface area contributed by atoms with Crippen LogP contribution in [0.5, 0.6) is 0 Å². The molecule has 1 unspecified atom stereocenters. The van der Waals surface area contributed by atoms with Gasteiger partial charge in [0.15, 0.2) is 5.66 Å². The number of rotatable bonds is 3. The fourth-order valence-electron chi connectivity index (χ4n) is 2.82. The van der Waals surface area contributed by atoms with Crippen molar-refractivity contribution in [3.63, 3.8) is 0 Å². The zero-order valence-electron chi connectivity index (χ0n) is 12.1. The number of carbonyl (C=O) groups excluding carboxylic acids is 1. The van der Waals surface area contributed by atoms with E-state index in [1.165, 1.54) is 29.4 Å². The predicted molar refractivity (Wildman–Crippen MR) is 82.9 cm³/mol. The lowest BCUT2D eigenvalue weighted by atomic mass is 10.0. The van der Waals surface area contributed by atoms with Gasteiger partial charge in [0.05, 0.1) is 7.11 Å². The molecule has 21 heavy (non-hydrogen) atoms. The quantitative estimate of drug-likeness (QED) is 0.572. The van der Waals surface area contributed by atoms with Crippen molar-refractivity contribution in [2.75, 3.05) is 12.4 Å². The van der Waals surface area contributed by atoms with Crippen LogP contribution in [0, 0.1) is 0 Å². The molecule has 108 valence electrons. The maximum absolute atomic E-state index is 11.7. The molecule has 0 radical (unpaired) electrons. The molecule has 0 saturated heterocycles. The van der Waals surface area contributed by atoms with Crippen LogP contribution < -0.4 is 11.1 Å². The lowest BCUT2D eigenvalue weighted by molar-refractivity contribution is -0.145. The summed E-state index contributed by atoms with van der Waals surface area (Å²) in [5.41, 5.74) is 10.5. The third-order valence-electron chi connectivity index (χ3n) is 3.85. The number of methoxy groups -OCH3 is 1. The molecule has 0 fully saturated rings. The van der Waals surface area contributed by atoms with E-state index >= 15 is 0 Å². The van der Waals surface area contributed by atoms with Crippen molar-refractivity contribution >= 4 is 11.7 Å². The lowest BCUT2D eigenvalue weighted by Crippen LogP contribution is -2.52. The molecule has 4 nitrogen and oxygen atoms in total. The number of anilines is 1. The number of fused-ring (bicyclic) bond motifs is 3. The van der Waals surface area contributed by atoms with Crippen LogP contribution in [0.3, 0.4) is 0 Å². The highest BCUT2D eigenvalue weighted by Gasteiger charge is 2.31. The molecule has 3 N–H and O–H groups in total. The van der Waals surface area contributed by atoms with E-state index in [1.54, 1.807) is 6.92 Å². The fraction of sp³-hybridized carbons (Fsp3) is 0.235. The predicted octanol–water partition coefficient (Wildman–Crippen LogP) is 2.52. The van der Waals surface area contributed by atoms with Crippen molar-refractivity contribution in [2.24, 2.45) is 5.73 Å². The Bertz CT molecular complexity index is 708. The zero-order valence-corrected chi connectivity index (χ0v) is 12.1. The van der Waals surface area contributed by atoms with Crippen molar-refractivity contribution in [3.8, 4) is 11.1 Å². The first-order chi connectivity index (χ1) is 10.0. The molecule has 3 rings (SSSR count). The topological polar surface area (TPSA) is 64.3 Å². The van der Waals surface area contributed by atoms with Gasteiger partial charge in [0.1, 0.15) is 0 Å². The van der Waals surface area contributed by atoms with E-state index in [0.717, 1.165) is 12.1 Å². The third kappa shape index (κ3) is 2.28. The van der Waals surface area contributed by atoms with Crippen molar-refractivity contribution in [1.29, 1.82) is 0 Å². The zero-order chi connectivity index (χ0) is 15.0. The molecule has 1 aliphatic rings. The molecular formula is C17H18N2O2. The van der Waals surface area contributed by atoms with Gasteiger partial charge in [-0.2, -0.15) is 0 Å². The second-order valence-corrected chi connectivity index (χ2v) is 5.48. The number of carbonyl (C=O) groups is 1. The number of hydrogen-bond acceptors (Lipinski definition) is 4. The van der Waals surface area contributed by atoms with E-state index in [-0.39, 0.29) is 0 Å². The summed E-state index contributed by atoms with van der Waals surface area (Å²) in [4.78, 5) is 11.7. The van der Waals surface area contributed by atoms with Gasteiger partial charge in [-0.1, -0.05) is 36.4 Å². The summed E-state index contributed by atoms with van der Waals surface area (Å²) in [5.74, 6) is -0.490. The van der Waals surface area contributed by atoms with Crippen LogP contribution >= 0.6 is 0 Å². The van der Waals surface area contributed by atoms with Gasteiger partial charge in [-0.25, -0.2) is 4.79 Å². The first-order valence-corrected chi connectivity index (χ1v) is 6.88. The van der Waals surface area contributed by atoms with E-state index in [0.29, 0.717) is 0 Å². The maximum atomic E-state index is 11.7. The first kappa shape index (κ1) is 13.6. The van der Waals surface area contributed by atoms with E-state index in [1.807, 2.05) is 24.3 Å². The second-order valence-electron chi connectivity index (χ2n) is 5.48. The van der Waals surface area contributed by atoms with Crippen LogP contribution in [0.4, 0.5) is 5.69 Å². The standard InChI is InChI=1S/C17H18N2O2/c1-17(18,16(20)21-2)19-15-9-5-8-13-12-7-4-3-6-11(12)10-14(13)15/h3-9,19H,10,18H2,1-2H3. The number of ether oxygens (including phenoxy) is 1. The summed E-state index contributed by atoms with van der Waals surface area (Å²) >= 11 is 0. The number of hydrogen-bond donors (Lipinski definition) is 2. The van der Waals surface area contributed by atoms with E-state index in [4.69, 9.17) is 10.5 Å². The third-order valence-corrected chi connectivity index (χ3v) is 3.85. The van der Waals surface area contributed by atoms with E-state index < -0.39 is 11.6 Å². The molecule has 0 aliphatic heterocycles. The van der Waals surface area contributed by atoms with Crippen LogP contribution in [-0.4, -0.2) is 18.7 Å². The Balaban J connectivity index is 1.99. The highest BCUT2D eigenvalue weighted by Crippen LogP contribution is 2.40. The number of nitrogens with one attached hydrogen (secondary N) is 1. The Hall–Kier alpha value is -2.33. The smallest absolute Gasteiger partial charge is 0.346 e. The second kappa shape index (κ2) is 4.90. The molecular weight excluding hydrogens is 264 g/mol. The fourth-order valence-corrected chi connectivity index (χ4v) is 2.82. The van der Waals surface area contributed by atoms with E-state index in [9.17, 15) is 4.79 Å². The van der Waals surface area contributed by atoms with Crippen molar-refractivity contribution < 1.29 is 9.53 Å². The average molecular weight is 282 g/mol. The Morgan fingerprint density at radius 3 is 2.67 bits per heavy atom. The molecule has 0 saturated carbocycles. The number of esters is 1. The molecule has 0 bridgehead atoms. The minimum atomic E-state index is -1.25. The van der Waals surface area contributed by atoms with Gasteiger partial charge in [0.2, 0.25) is 0 Å². The number of benzene rings is 2. The molecule has 2 aromatic rings. The Morgan fingerprint density at radius 1 is 1.19 bits per heavy atom. The van der Waals surface area contributed by atoms with Gasteiger partial charge in [-0.3, -0.25) is 5.73 Å². The molecule has 1 atom stereocenters. The Morgan fingerprint density at radius 2 is 1.90 bits per heavy atom. The molecule has 0 aromatic heterocycles. The summed E-state index contributed by atoms with van der Waals surface area (Å²) < 4.78 is 4.74. The maximum Gasteiger partial charge on any atom is 0.346 e. The van der Waals surface area contributed by atoms with Crippen LogP contribution in [0.1, 0.15) is 18.1 Å². The minimum Gasteiger partial charge on any atom is -0.466 e. The van der Waals surface area contributed by atoms with Crippen molar-refractivity contribution in [3.05, 3.63) is 53.6 Å². The number of nitrogens with two attached hydrogens (primary N) is 1. The SMILES string of the molecule is COC(=O)C(C)(N)Nc1cccc2c1Cc1ccccc1-2. The highest BCUT2D eigenvalue weighted by atomic mass is 16.5. The van der Waals surface area contributed by atoms with Crippen LogP contribution in [0.15, 0.2) is 42.5 Å².